The fraction of sp³-hybridized carbons (Fsp3) is 0.0435. The maximum absolute atomic E-state index is 12.7. The summed E-state index contributed by atoms with van der Waals surface area (Å²) in [5.41, 5.74) is 0.875. The first-order chi connectivity index (χ1) is 16.2. The Morgan fingerprint density at radius 2 is 1.82 bits per heavy atom. The van der Waals surface area contributed by atoms with E-state index >= 15 is 0 Å². The molecule has 0 aliphatic carbocycles. The molecule has 0 saturated carbocycles. The largest absolute Gasteiger partial charge is 0.478 e. The number of amides is 3. The highest BCUT2D eigenvalue weighted by Gasteiger charge is 2.36. The fourth-order valence-electron chi connectivity index (χ4n) is 3.09. The molecule has 2 N–H and O–H groups in total. The number of hydrogen-bond acceptors (Lipinski definition) is 6. The number of benzene rings is 2. The average molecular weight is 517 g/mol. The van der Waals surface area contributed by atoms with Gasteiger partial charge in [0.15, 0.2) is 0 Å². The van der Waals surface area contributed by atoms with E-state index in [0.717, 1.165) is 4.90 Å². The van der Waals surface area contributed by atoms with E-state index in [1.807, 2.05) is 0 Å². The second-order valence-electron chi connectivity index (χ2n) is 7.00. The average Bonchev–Trinajstić information content (AvgIpc) is 3.35. The Labute approximate surface area is 207 Å². The molecule has 2 aromatic carbocycles. The van der Waals surface area contributed by atoms with E-state index in [9.17, 15) is 19.2 Å². The van der Waals surface area contributed by atoms with E-state index in [2.05, 4.69) is 5.32 Å². The zero-order chi connectivity index (χ0) is 24.4. The Bertz CT molecular complexity index is 1370. The number of carbonyl (C=O) groups is 4. The van der Waals surface area contributed by atoms with Crippen LogP contribution in [0.2, 0.25) is 10.0 Å². The van der Waals surface area contributed by atoms with Crippen LogP contribution in [0.25, 0.3) is 17.4 Å². The number of imide groups is 1. The van der Waals surface area contributed by atoms with E-state index in [-0.39, 0.29) is 15.5 Å². The normalized spacial score (nSPS) is 14.6. The van der Waals surface area contributed by atoms with Crippen LogP contribution in [-0.4, -0.2) is 39.6 Å². The molecule has 34 heavy (non-hydrogen) atoms. The Morgan fingerprint density at radius 3 is 2.53 bits per heavy atom. The van der Waals surface area contributed by atoms with Crippen molar-refractivity contribution in [3.8, 4) is 11.3 Å². The molecule has 0 bridgehead atoms. The van der Waals surface area contributed by atoms with Crippen molar-refractivity contribution in [3.63, 3.8) is 0 Å². The number of para-hydroxylation sites is 1. The lowest BCUT2D eigenvalue weighted by atomic mass is 10.1. The number of carboxylic acids is 1. The molecular formula is C23H14Cl2N2O6S. The third-order valence-electron chi connectivity index (χ3n) is 4.71. The van der Waals surface area contributed by atoms with Gasteiger partial charge in [-0.05, 0) is 48.2 Å². The summed E-state index contributed by atoms with van der Waals surface area (Å²) in [6.07, 6.45) is 1.40. The van der Waals surface area contributed by atoms with Crippen LogP contribution in [0.1, 0.15) is 16.1 Å². The Kier molecular flexibility index (Phi) is 6.78. The van der Waals surface area contributed by atoms with E-state index in [0.29, 0.717) is 39.6 Å². The minimum Gasteiger partial charge on any atom is -0.478 e. The number of thioether (sulfide) groups is 1. The molecule has 0 radical (unpaired) electrons. The molecule has 1 saturated heterocycles. The van der Waals surface area contributed by atoms with Gasteiger partial charge >= 0.3 is 5.97 Å². The van der Waals surface area contributed by atoms with Crippen LogP contribution in [0.5, 0.6) is 0 Å². The van der Waals surface area contributed by atoms with Crippen LogP contribution >= 0.6 is 35.0 Å². The molecule has 0 atom stereocenters. The number of rotatable bonds is 6. The minimum atomic E-state index is -1.15. The number of carbonyl (C=O) groups excluding carboxylic acids is 3. The van der Waals surface area contributed by atoms with Crippen molar-refractivity contribution in [3.05, 3.63) is 80.9 Å². The SMILES string of the molecule is O=C(CN1C(=O)S/C(=C/c2ccc(-c3ccc(C(=O)O)c(Cl)c3)o2)C1=O)Nc1ccccc1Cl. The number of hydrogen-bond donors (Lipinski definition) is 2. The highest BCUT2D eigenvalue weighted by Crippen LogP contribution is 2.34. The number of anilines is 1. The van der Waals surface area contributed by atoms with Crippen LogP contribution in [0.15, 0.2) is 63.9 Å². The van der Waals surface area contributed by atoms with E-state index in [1.54, 1.807) is 42.5 Å². The van der Waals surface area contributed by atoms with E-state index in [1.165, 1.54) is 18.2 Å². The van der Waals surface area contributed by atoms with Gasteiger partial charge in [0, 0.05) is 11.6 Å². The topological polar surface area (TPSA) is 117 Å². The molecule has 1 fully saturated rings. The number of halogens is 2. The van der Waals surface area contributed by atoms with Crippen LogP contribution in [0.3, 0.4) is 0 Å². The lowest BCUT2D eigenvalue weighted by molar-refractivity contribution is -0.127. The lowest BCUT2D eigenvalue weighted by Gasteiger charge is -2.13. The summed E-state index contributed by atoms with van der Waals surface area (Å²) in [6, 6.07) is 14.2. The zero-order valence-corrected chi connectivity index (χ0v) is 19.4. The molecule has 2 heterocycles. The molecule has 8 nitrogen and oxygen atoms in total. The van der Waals surface area contributed by atoms with E-state index in [4.69, 9.17) is 32.7 Å². The molecule has 11 heteroatoms. The predicted molar refractivity (Wildman–Crippen MR) is 129 cm³/mol. The van der Waals surface area contributed by atoms with Gasteiger partial charge in [-0.15, -0.1) is 0 Å². The predicted octanol–water partition coefficient (Wildman–Crippen LogP) is 5.63. The summed E-state index contributed by atoms with van der Waals surface area (Å²) >= 11 is 12.7. The number of furan rings is 1. The van der Waals surface area contributed by atoms with Crippen molar-refractivity contribution in [2.75, 3.05) is 11.9 Å². The minimum absolute atomic E-state index is 0.0376. The third kappa shape index (κ3) is 5.01. The molecule has 1 aromatic heterocycles. The smallest absolute Gasteiger partial charge is 0.337 e. The Balaban J connectivity index is 1.47. The third-order valence-corrected chi connectivity index (χ3v) is 6.26. The quantitative estimate of drug-likeness (QED) is 0.407. The molecular weight excluding hydrogens is 503 g/mol. The van der Waals surface area contributed by atoms with Gasteiger partial charge in [-0.25, -0.2) is 4.79 Å². The van der Waals surface area contributed by atoms with Gasteiger partial charge < -0.3 is 14.8 Å². The molecule has 0 spiro atoms. The van der Waals surface area contributed by atoms with Crippen LogP contribution < -0.4 is 5.32 Å². The summed E-state index contributed by atoms with van der Waals surface area (Å²) in [4.78, 5) is 49.4. The van der Waals surface area contributed by atoms with Gasteiger partial charge in [-0.1, -0.05) is 41.4 Å². The summed E-state index contributed by atoms with van der Waals surface area (Å²) < 4.78 is 5.71. The Morgan fingerprint density at radius 1 is 1.06 bits per heavy atom. The van der Waals surface area contributed by atoms with Crippen LogP contribution in [-0.2, 0) is 9.59 Å². The molecule has 3 amide bonds. The van der Waals surface area contributed by atoms with Gasteiger partial charge in [0.05, 0.1) is 26.2 Å². The van der Waals surface area contributed by atoms with Gasteiger partial charge in [-0.2, -0.15) is 0 Å². The Hall–Kier alpha value is -3.53. The molecule has 1 aliphatic heterocycles. The van der Waals surface area contributed by atoms with Gasteiger partial charge in [0.25, 0.3) is 11.1 Å². The van der Waals surface area contributed by atoms with Crippen LogP contribution in [0.4, 0.5) is 10.5 Å². The van der Waals surface area contributed by atoms with Crippen molar-refractivity contribution in [1.29, 1.82) is 0 Å². The highest BCUT2D eigenvalue weighted by atomic mass is 35.5. The van der Waals surface area contributed by atoms with Crippen molar-refractivity contribution in [1.82, 2.24) is 4.90 Å². The zero-order valence-electron chi connectivity index (χ0n) is 17.1. The lowest BCUT2D eigenvalue weighted by Crippen LogP contribution is -2.36. The van der Waals surface area contributed by atoms with Crippen LogP contribution in [0, 0.1) is 0 Å². The first-order valence-corrected chi connectivity index (χ1v) is 11.2. The second kappa shape index (κ2) is 9.76. The van der Waals surface area contributed by atoms with Crippen molar-refractivity contribution < 1.29 is 28.7 Å². The second-order valence-corrected chi connectivity index (χ2v) is 8.81. The highest BCUT2D eigenvalue weighted by molar-refractivity contribution is 8.18. The molecule has 1 aliphatic rings. The summed E-state index contributed by atoms with van der Waals surface area (Å²) in [7, 11) is 0. The van der Waals surface area contributed by atoms with Crippen molar-refractivity contribution in [2.24, 2.45) is 0 Å². The number of carboxylic acid groups (broad SMARTS) is 1. The number of nitrogens with one attached hydrogen (secondary N) is 1. The first kappa shape index (κ1) is 23.6. The summed E-state index contributed by atoms with van der Waals surface area (Å²) in [5.74, 6) is -1.66. The molecule has 4 rings (SSSR count). The summed E-state index contributed by atoms with van der Waals surface area (Å²) in [6.45, 7) is -0.467. The number of aromatic carboxylic acids is 1. The molecule has 0 unspecified atom stereocenters. The molecule has 172 valence electrons. The van der Waals surface area contributed by atoms with Gasteiger partial charge in [-0.3, -0.25) is 19.3 Å². The molecule has 3 aromatic rings. The number of nitrogens with zero attached hydrogens (tertiary/aromatic N) is 1. The fourth-order valence-corrected chi connectivity index (χ4v) is 4.35. The maximum atomic E-state index is 12.7. The van der Waals surface area contributed by atoms with E-state index < -0.39 is 29.6 Å². The summed E-state index contributed by atoms with van der Waals surface area (Å²) in [5, 5.41) is 11.5. The van der Waals surface area contributed by atoms with Gasteiger partial charge in [0.1, 0.15) is 18.1 Å². The van der Waals surface area contributed by atoms with Crippen molar-refractivity contribution >= 4 is 69.8 Å². The standard InChI is InChI=1S/C23H14Cl2N2O6S/c24-15-3-1-2-4-17(15)26-20(28)11-27-21(29)19(34-23(27)32)10-13-6-8-18(33-13)12-5-7-14(22(30)31)16(25)9-12/h1-10H,11H2,(H,26,28)(H,30,31)/b19-10+. The first-order valence-electron chi connectivity index (χ1n) is 9.65. The maximum Gasteiger partial charge on any atom is 0.337 e. The van der Waals surface area contributed by atoms with Gasteiger partial charge in [0.2, 0.25) is 5.91 Å². The van der Waals surface area contributed by atoms with Crippen molar-refractivity contribution in [2.45, 2.75) is 0 Å². The monoisotopic (exact) mass is 516 g/mol.